The normalized spacial score (nSPS) is 16.8. The zero-order valence-corrected chi connectivity index (χ0v) is 11.1. The molecule has 3 heterocycles. The molecule has 5 nitrogen and oxygen atoms in total. The van der Waals surface area contributed by atoms with E-state index in [1.165, 1.54) is 5.56 Å². The van der Waals surface area contributed by atoms with Crippen LogP contribution in [0.2, 0.25) is 0 Å². The molecule has 104 valence electrons. The number of aromatic nitrogens is 1. The molecule has 4 rings (SSSR count). The number of ether oxygens (including phenoxy) is 2. The summed E-state index contributed by atoms with van der Waals surface area (Å²) in [4.78, 5) is 0. The molecule has 0 saturated heterocycles. The second-order valence-corrected chi connectivity index (χ2v) is 5.24. The number of nitrogen functional groups attached to an aromatic ring is 1. The fourth-order valence-electron chi connectivity index (χ4n) is 2.99. The van der Waals surface area contributed by atoms with Crippen molar-refractivity contribution in [1.29, 1.82) is 0 Å². The van der Waals surface area contributed by atoms with Crippen molar-refractivity contribution in [1.82, 2.24) is 5.16 Å². The van der Waals surface area contributed by atoms with E-state index in [2.05, 4.69) is 11.2 Å². The molecule has 2 aromatic rings. The summed E-state index contributed by atoms with van der Waals surface area (Å²) < 4.78 is 17.1. The van der Waals surface area contributed by atoms with Crippen LogP contribution >= 0.6 is 0 Å². The van der Waals surface area contributed by atoms with Gasteiger partial charge in [-0.25, -0.2) is 0 Å². The molecule has 2 aliphatic heterocycles. The molecule has 0 amide bonds. The van der Waals surface area contributed by atoms with Gasteiger partial charge in [-0.1, -0.05) is 5.16 Å². The number of anilines is 1. The Kier molecular flexibility index (Phi) is 2.58. The first-order valence-electron chi connectivity index (χ1n) is 7.00. The highest BCUT2D eigenvalue weighted by molar-refractivity contribution is 5.76. The van der Waals surface area contributed by atoms with E-state index in [9.17, 15) is 0 Å². The average Bonchev–Trinajstić information content (AvgIpc) is 2.91. The number of aryl methyl sites for hydroxylation is 1. The highest BCUT2D eigenvalue weighted by Gasteiger charge is 2.27. The summed E-state index contributed by atoms with van der Waals surface area (Å²) in [6, 6.07) is 3.87. The number of nitrogens with zero attached hydrogens (tertiary/aromatic N) is 1. The average molecular weight is 272 g/mol. The summed E-state index contributed by atoms with van der Waals surface area (Å²) in [5, 5.41) is 3.80. The summed E-state index contributed by atoms with van der Waals surface area (Å²) in [6.45, 7) is 1.51. The first-order valence-corrected chi connectivity index (χ1v) is 7.00. The molecule has 2 aliphatic rings. The van der Waals surface area contributed by atoms with Crippen molar-refractivity contribution in [3.8, 4) is 22.8 Å². The van der Waals surface area contributed by atoms with Crippen molar-refractivity contribution in [3.63, 3.8) is 0 Å². The molecule has 0 radical (unpaired) electrons. The van der Waals surface area contributed by atoms with Gasteiger partial charge in [0.2, 0.25) is 0 Å². The van der Waals surface area contributed by atoms with E-state index in [1.807, 2.05) is 0 Å². The Morgan fingerprint density at radius 2 is 1.90 bits per heavy atom. The van der Waals surface area contributed by atoms with Crippen LogP contribution in [0.5, 0.6) is 11.5 Å². The third-order valence-corrected chi connectivity index (χ3v) is 3.86. The molecule has 1 aromatic heterocycles. The molecule has 0 aliphatic carbocycles. The zero-order chi connectivity index (χ0) is 13.5. The lowest BCUT2D eigenvalue weighted by molar-refractivity contribution is 0.273. The van der Waals surface area contributed by atoms with Crippen molar-refractivity contribution < 1.29 is 14.0 Å². The zero-order valence-electron chi connectivity index (χ0n) is 11.1. The van der Waals surface area contributed by atoms with Gasteiger partial charge >= 0.3 is 0 Å². The minimum Gasteiger partial charge on any atom is -0.493 e. The van der Waals surface area contributed by atoms with Crippen LogP contribution in [0.25, 0.3) is 11.3 Å². The molecular formula is C15H16N2O3. The second-order valence-electron chi connectivity index (χ2n) is 5.24. The van der Waals surface area contributed by atoms with Gasteiger partial charge in [0.1, 0.15) is 11.5 Å². The lowest BCUT2D eigenvalue weighted by atomic mass is 9.92. The van der Waals surface area contributed by atoms with Gasteiger partial charge in [0, 0.05) is 11.6 Å². The van der Waals surface area contributed by atoms with Crippen LogP contribution in [0.1, 0.15) is 24.0 Å². The van der Waals surface area contributed by atoms with E-state index in [0.29, 0.717) is 11.6 Å². The summed E-state index contributed by atoms with van der Waals surface area (Å²) in [5.41, 5.74) is 8.99. The monoisotopic (exact) mass is 272 g/mol. The number of nitrogens with two attached hydrogens (primary N) is 1. The maximum Gasteiger partial charge on any atom is 0.173 e. The van der Waals surface area contributed by atoms with E-state index in [-0.39, 0.29) is 0 Å². The Labute approximate surface area is 116 Å². The fraction of sp³-hybridized carbons (Fsp3) is 0.400. The van der Waals surface area contributed by atoms with Gasteiger partial charge in [-0.05, 0) is 37.3 Å². The summed E-state index contributed by atoms with van der Waals surface area (Å²) in [6.07, 6.45) is 4.00. The molecule has 2 N–H and O–H groups in total. The summed E-state index contributed by atoms with van der Waals surface area (Å²) >= 11 is 0. The van der Waals surface area contributed by atoms with Crippen molar-refractivity contribution in [3.05, 3.63) is 23.3 Å². The molecule has 0 spiro atoms. The Morgan fingerprint density at radius 1 is 1.05 bits per heavy atom. The first kappa shape index (κ1) is 11.6. The third-order valence-electron chi connectivity index (χ3n) is 3.86. The van der Waals surface area contributed by atoms with Crippen LogP contribution in [0, 0.1) is 0 Å². The maximum absolute atomic E-state index is 5.90. The van der Waals surface area contributed by atoms with E-state index in [4.69, 9.17) is 19.7 Å². The standard InChI is InChI=1S/C15H16N2O3/c16-13-8-12(20-17-13)14-10-4-2-5-18-11(10)7-9-3-1-6-19-15(9)14/h7-8H,1-6H2,(H2,16,17). The Bertz CT molecular complexity index is 629. The van der Waals surface area contributed by atoms with Gasteiger partial charge < -0.3 is 19.7 Å². The molecule has 1 aromatic carbocycles. The SMILES string of the molecule is Nc1cc(-c2c3c(cc4c2OCCC4)OCCC3)on1. The van der Waals surface area contributed by atoms with Gasteiger partial charge in [0.25, 0.3) is 0 Å². The summed E-state index contributed by atoms with van der Waals surface area (Å²) in [7, 11) is 0. The molecule has 0 saturated carbocycles. The van der Waals surface area contributed by atoms with Gasteiger partial charge in [0.05, 0.1) is 18.8 Å². The van der Waals surface area contributed by atoms with Gasteiger partial charge in [0.15, 0.2) is 11.6 Å². The predicted molar refractivity (Wildman–Crippen MR) is 74.0 cm³/mol. The lowest BCUT2D eigenvalue weighted by Gasteiger charge is -2.26. The van der Waals surface area contributed by atoms with Crippen LogP contribution < -0.4 is 15.2 Å². The molecule has 0 fully saturated rings. The van der Waals surface area contributed by atoms with Crippen molar-refractivity contribution in [2.24, 2.45) is 0 Å². The van der Waals surface area contributed by atoms with Crippen LogP contribution in [-0.2, 0) is 12.8 Å². The largest absolute Gasteiger partial charge is 0.493 e. The van der Waals surface area contributed by atoms with Crippen LogP contribution in [0.4, 0.5) is 5.82 Å². The number of fused-ring (bicyclic) bond motifs is 2. The quantitative estimate of drug-likeness (QED) is 0.864. The summed E-state index contributed by atoms with van der Waals surface area (Å²) in [5.74, 6) is 2.92. The molecular weight excluding hydrogens is 256 g/mol. The maximum atomic E-state index is 5.90. The Hall–Kier alpha value is -2.17. The lowest BCUT2D eigenvalue weighted by Crippen LogP contribution is -2.15. The minimum atomic E-state index is 0.388. The number of benzene rings is 1. The van der Waals surface area contributed by atoms with Crippen molar-refractivity contribution in [2.75, 3.05) is 18.9 Å². The van der Waals surface area contributed by atoms with E-state index >= 15 is 0 Å². The van der Waals surface area contributed by atoms with E-state index < -0.39 is 0 Å². The van der Waals surface area contributed by atoms with Gasteiger partial charge in [-0.3, -0.25) is 0 Å². The Morgan fingerprint density at radius 3 is 2.75 bits per heavy atom. The Balaban J connectivity index is 1.98. The number of hydrogen-bond acceptors (Lipinski definition) is 5. The van der Waals surface area contributed by atoms with E-state index in [0.717, 1.165) is 61.5 Å². The molecule has 0 bridgehead atoms. The van der Waals surface area contributed by atoms with E-state index in [1.54, 1.807) is 6.07 Å². The highest BCUT2D eigenvalue weighted by atomic mass is 16.5. The third kappa shape index (κ3) is 1.73. The van der Waals surface area contributed by atoms with Gasteiger partial charge in [-0.2, -0.15) is 0 Å². The topological polar surface area (TPSA) is 70.5 Å². The highest BCUT2D eigenvalue weighted by Crippen LogP contribution is 2.45. The first-order chi connectivity index (χ1) is 9.83. The van der Waals surface area contributed by atoms with Crippen LogP contribution in [0.15, 0.2) is 16.7 Å². The second kappa shape index (κ2) is 4.44. The molecule has 5 heteroatoms. The van der Waals surface area contributed by atoms with Crippen LogP contribution in [-0.4, -0.2) is 18.4 Å². The molecule has 0 atom stereocenters. The smallest absolute Gasteiger partial charge is 0.173 e. The fourth-order valence-corrected chi connectivity index (χ4v) is 2.99. The number of rotatable bonds is 1. The minimum absolute atomic E-state index is 0.388. The molecule has 0 unspecified atom stereocenters. The van der Waals surface area contributed by atoms with Crippen LogP contribution in [0.3, 0.4) is 0 Å². The van der Waals surface area contributed by atoms with Crippen molar-refractivity contribution >= 4 is 5.82 Å². The van der Waals surface area contributed by atoms with Gasteiger partial charge in [-0.15, -0.1) is 0 Å². The number of hydrogen-bond donors (Lipinski definition) is 1. The molecule has 20 heavy (non-hydrogen) atoms. The predicted octanol–water partition coefficient (Wildman–Crippen LogP) is 2.57. The van der Waals surface area contributed by atoms with Crippen molar-refractivity contribution in [2.45, 2.75) is 25.7 Å².